The van der Waals surface area contributed by atoms with Crippen LogP contribution in [-0.4, -0.2) is 39.5 Å². The minimum Gasteiger partial charge on any atom is -0.444 e. The van der Waals surface area contributed by atoms with Gasteiger partial charge in [0.05, 0.1) is 6.10 Å². The van der Waals surface area contributed by atoms with Gasteiger partial charge in [0.2, 0.25) is 0 Å². The number of nitrogens with zero attached hydrogens (tertiary/aromatic N) is 1. The average Bonchev–Trinajstić information content (AvgIpc) is 2.44. The number of aliphatic hydroxyl groups is 2. The predicted molar refractivity (Wildman–Crippen MR) is 81.9 cm³/mol. The molecule has 0 aromatic carbocycles. The Hall–Kier alpha value is -1.90. The summed E-state index contributed by atoms with van der Waals surface area (Å²) >= 11 is 0. The molecule has 1 aromatic heterocycles. The predicted octanol–water partition coefficient (Wildman–Crippen LogP) is 0.676. The maximum Gasteiger partial charge on any atom is 0.407 e. The van der Waals surface area contributed by atoms with E-state index in [9.17, 15) is 15.0 Å². The van der Waals surface area contributed by atoms with E-state index in [1.165, 1.54) is 6.20 Å². The number of anilines is 1. The molecule has 0 bridgehead atoms. The van der Waals surface area contributed by atoms with E-state index in [2.05, 4.69) is 15.7 Å². The molecule has 0 aliphatic rings. The Morgan fingerprint density at radius 1 is 1.41 bits per heavy atom. The molecule has 0 radical (unpaired) electrons. The number of aliphatic hydroxyl groups excluding tert-OH is 2. The molecule has 6 N–H and O–H groups in total. The molecular weight excluding hydrogens is 288 g/mol. The summed E-state index contributed by atoms with van der Waals surface area (Å²) in [6.07, 6.45) is -1.09. The molecule has 0 aliphatic carbocycles. The van der Waals surface area contributed by atoms with Crippen molar-refractivity contribution in [2.75, 3.05) is 12.0 Å². The van der Waals surface area contributed by atoms with Gasteiger partial charge in [-0.2, -0.15) is 0 Å². The zero-order valence-corrected chi connectivity index (χ0v) is 13.0. The summed E-state index contributed by atoms with van der Waals surface area (Å²) < 4.78 is 5.07. The molecule has 0 saturated carbocycles. The number of nitrogens with two attached hydrogens (primary N) is 1. The zero-order chi connectivity index (χ0) is 16.8. The summed E-state index contributed by atoms with van der Waals surface area (Å²) in [5.41, 5.74) is 2.26. The Bertz CT molecular complexity index is 473. The van der Waals surface area contributed by atoms with E-state index in [4.69, 9.17) is 10.6 Å². The highest BCUT2D eigenvalue weighted by Gasteiger charge is 2.20. The first-order valence-corrected chi connectivity index (χ1v) is 6.98. The minimum atomic E-state index is -1.10. The van der Waals surface area contributed by atoms with E-state index in [0.717, 1.165) is 0 Å². The van der Waals surface area contributed by atoms with Gasteiger partial charge in [0.15, 0.2) is 0 Å². The maximum atomic E-state index is 11.4. The van der Waals surface area contributed by atoms with Crippen LogP contribution in [0.5, 0.6) is 0 Å². The van der Waals surface area contributed by atoms with Crippen LogP contribution in [0, 0.1) is 0 Å². The third kappa shape index (κ3) is 6.25. The first-order valence-electron chi connectivity index (χ1n) is 6.98. The van der Waals surface area contributed by atoms with Crippen LogP contribution in [0.4, 0.5) is 10.6 Å². The van der Waals surface area contributed by atoms with Crippen molar-refractivity contribution in [2.45, 2.75) is 45.0 Å². The van der Waals surface area contributed by atoms with Crippen molar-refractivity contribution in [3.8, 4) is 0 Å². The molecule has 0 saturated heterocycles. The van der Waals surface area contributed by atoms with Crippen molar-refractivity contribution in [1.82, 2.24) is 10.3 Å². The second-order valence-electron chi connectivity index (χ2n) is 5.85. The highest BCUT2D eigenvalue weighted by molar-refractivity contribution is 5.67. The highest BCUT2D eigenvalue weighted by Crippen LogP contribution is 2.19. The van der Waals surface area contributed by atoms with E-state index < -0.39 is 23.9 Å². The van der Waals surface area contributed by atoms with Gasteiger partial charge < -0.3 is 25.7 Å². The lowest BCUT2D eigenvalue weighted by Gasteiger charge is -2.21. The fourth-order valence-corrected chi connectivity index (χ4v) is 1.68. The van der Waals surface area contributed by atoms with E-state index in [0.29, 0.717) is 11.4 Å². The van der Waals surface area contributed by atoms with E-state index in [-0.39, 0.29) is 13.0 Å². The van der Waals surface area contributed by atoms with Crippen LogP contribution in [0.15, 0.2) is 18.3 Å². The van der Waals surface area contributed by atoms with Crippen LogP contribution < -0.4 is 16.6 Å². The van der Waals surface area contributed by atoms with Crippen LogP contribution in [0.1, 0.15) is 38.9 Å². The van der Waals surface area contributed by atoms with E-state index >= 15 is 0 Å². The number of aromatic nitrogens is 1. The van der Waals surface area contributed by atoms with Crippen LogP contribution in [0.25, 0.3) is 0 Å². The van der Waals surface area contributed by atoms with E-state index in [1.807, 2.05) is 0 Å². The first-order chi connectivity index (χ1) is 10.2. The lowest BCUT2D eigenvalue weighted by molar-refractivity contribution is 0.0121. The van der Waals surface area contributed by atoms with Crippen molar-refractivity contribution in [2.24, 2.45) is 5.84 Å². The molecule has 0 fully saturated rings. The average molecular weight is 312 g/mol. The number of amides is 1. The maximum absolute atomic E-state index is 11.4. The number of carbonyl (C=O) groups excluding carboxylic acids is 1. The van der Waals surface area contributed by atoms with Gasteiger partial charge in [0.25, 0.3) is 0 Å². The molecule has 0 spiro atoms. The van der Waals surface area contributed by atoms with Gasteiger partial charge >= 0.3 is 6.09 Å². The third-order valence-corrected chi connectivity index (χ3v) is 2.75. The third-order valence-electron chi connectivity index (χ3n) is 2.75. The van der Waals surface area contributed by atoms with Gasteiger partial charge in [-0.25, -0.2) is 15.6 Å². The van der Waals surface area contributed by atoms with Gasteiger partial charge in [0, 0.05) is 18.3 Å². The number of hydrogen-bond donors (Lipinski definition) is 5. The Balaban J connectivity index is 2.40. The normalized spacial score (nSPS) is 14.1. The zero-order valence-electron chi connectivity index (χ0n) is 13.0. The molecule has 8 nitrogen and oxygen atoms in total. The highest BCUT2D eigenvalue weighted by atomic mass is 16.6. The van der Waals surface area contributed by atoms with Crippen LogP contribution in [-0.2, 0) is 4.74 Å². The monoisotopic (exact) mass is 312 g/mol. The SMILES string of the molecule is CC(C)(C)OC(=O)NCCC(O)C(O)c1ccc(NN)nc1. The number of nitrogens with one attached hydrogen (secondary N) is 2. The summed E-state index contributed by atoms with van der Waals surface area (Å²) in [6.45, 7) is 5.47. The van der Waals surface area contributed by atoms with Crippen molar-refractivity contribution >= 4 is 11.9 Å². The molecule has 124 valence electrons. The van der Waals surface area contributed by atoms with Crippen molar-refractivity contribution in [1.29, 1.82) is 0 Å². The number of pyridine rings is 1. The topological polar surface area (TPSA) is 130 Å². The molecule has 8 heteroatoms. The first kappa shape index (κ1) is 18.1. The lowest BCUT2D eigenvalue weighted by atomic mass is 10.0. The van der Waals surface area contributed by atoms with Gasteiger partial charge in [-0.1, -0.05) is 6.07 Å². The number of hydrazine groups is 1. The van der Waals surface area contributed by atoms with Crippen molar-refractivity contribution < 1.29 is 19.7 Å². The fourth-order valence-electron chi connectivity index (χ4n) is 1.68. The molecule has 2 unspecified atom stereocenters. The van der Waals surface area contributed by atoms with Gasteiger partial charge in [-0.15, -0.1) is 0 Å². The number of ether oxygens (including phenoxy) is 1. The van der Waals surface area contributed by atoms with Crippen molar-refractivity contribution in [3.63, 3.8) is 0 Å². The molecule has 1 amide bonds. The molecule has 0 aliphatic heterocycles. The van der Waals surface area contributed by atoms with Gasteiger partial charge in [-0.3, -0.25) is 0 Å². The Kier molecular flexibility index (Phi) is 6.54. The van der Waals surface area contributed by atoms with Crippen LogP contribution in [0.3, 0.4) is 0 Å². The fraction of sp³-hybridized carbons (Fsp3) is 0.571. The quantitative estimate of drug-likeness (QED) is 0.385. The van der Waals surface area contributed by atoms with E-state index in [1.54, 1.807) is 32.9 Å². The molecule has 1 heterocycles. The van der Waals surface area contributed by atoms with Crippen LogP contribution in [0.2, 0.25) is 0 Å². The standard InChI is InChI=1S/C14H24N4O4/c1-14(2,3)22-13(21)16-7-6-10(19)12(20)9-4-5-11(18-15)17-8-9/h4-5,8,10,12,19-20H,6-7,15H2,1-3H3,(H,16,21)(H,17,18). The number of hydrogen-bond acceptors (Lipinski definition) is 7. The number of alkyl carbamates (subject to hydrolysis) is 1. The molecule has 2 atom stereocenters. The van der Waals surface area contributed by atoms with Crippen molar-refractivity contribution in [3.05, 3.63) is 23.9 Å². The largest absolute Gasteiger partial charge is 0.444 e. The molecular formula is C14H24N4O4. The molecule has 1 aromatic rings. The number of rotatable bonds is 6. The summed E-state index contributed by atoms with van der Waals surface area (Å²) in [4.78, 5) is 15.4. The second kappa shape index (κ2) is 7.92. The smallest absolute Gasteiger partial charge is 0.407 e. The van der Waals surface area contributed by atoms with Crippen LogP contribution >= 0.6 is 0 Å². The Labute approximate surface area is 129 Å². The second-order valence-corrected chi connectivity index (χ2v) is 5.85. The Morgan fingerprint density at radius 3 is 2.59 bits per heavy atom. The number of carbonyl (C=O) groups is 1. The van der Waals surface area contributed by atoms with Gasteiger partial charge in [-0.05, 0) is 33.3 Å². The molecule has 22 heavy (non-hydrogen) atoms. The summed E-state index contributed by atoms with van der Waals surface area (Å²) in [5.74, 6) is 5.65. The summed E-state index contributed by atoms with van der Waals surface area (Å²) in [6, 6.07) is 3.20. The number of nitrogen functional groups attached to an aromatic ring is 1. The Morgan fingerprint density at radius 2 is 2.09 bits per heavy atom. The minimum absolute atomic E-state index is 0.178. The molecule has 1 rings (SSSR count). The van der Waals surface area contributed by atoms with Gasteiger partial charge in [0.1, 0.15) is 17.5 Å². The lowest BCUT2D eigenvalue weighted by Crippen LogP contribution is -2.34. The summed E-state index contributed by atoms with van der Waals surface area (Å²) in [7, 11) is 0. The summed E-state index contributed by atoms with van der Waals surface area (Å²) in [5, 5.41) is 22.5.